The lowest BCUT2D eigenvalue weighted by atomic mass is 9.70. The lowest BCUT2D eigenvalue weighted by molar-refractivity contribution is -0.134. The molecule has 2 saturated heterocycles. The Morgan fingerprint density at radius 2 is 1.90 bits per heavy atom. The van der Waals surface area contributed by atoms with Crippen molar-refractivity contribution in [1.82, 2.24) is 20.0 Å². The SMILES string of the molecule is CC1(CN2CCC(n3cc(Nc4ccc5c6c(cccc46)C(=O)N5[C@H]4CCC(=O)NC4=O)cn3)CC2)CCC1. The fraction of sp³-hybridized carbons (Fsp3) is 0.467. The van der Waals surface area contributed by atoms with Crippen molar-refractivity contribution in [3.8, 4) is 0 Å². The van der Waals surface area contributed by atoms with Crippen molar-refractivity contribution in [3.63, 3.8) is 0 Å². The molecule has 4 aliphatic rings. The van der Waals surface area contributed by atoms with Crippen molar-refractivity contribution in [1.29, 1.82) is 0 Å². The summed E-state index contributed by atoms with van der Waals surface area (Å²) in [7, 11) is 0. The van der Waals surface area contributed by atoms with Gasteiger partial charge in [-0.3, -0.25) is 29.3 Å². The van der Waals surface area contributed by atoms with E-state index in [-0.39, 0.29) is 18.2 Å². The molecule has 0 spiro atoms. The highest BCUT2D eigenvalue weighted by atomic mass is 16.2. The first-order valence-electron chi connectivity index (χ1n) is 14.2. The molecule has 2 N–H and O–H groups in total. The topological polar surface area (TPSA) is 99.6 Å². The second-order valence-electron chi connectivity index (χ2n) is 12.0. The van der Waals surface area contributed by atoms with Crippen LogP contribution in [0.3, 0.4) is 0 Å². The molecule has 7 rings (SSSR count). The van der Waals surface area contributed by atoms with Crippen LogP contribution in [-0.4, -0.2) is 58.1 Å². The molecule has 1 atom stereocenters. The molecule has 4 heterocycles. The number of benzene rings is 2. The van der Waals surface area contributed by atoms with Crippen molar-refractivity contribution in [3.05, 3.63) is 48.3 Å². The number of aromatic nitrogens is 2. The van der Waals surface area contributed by atoms with Crippen molar-refractivity contribution in [2.24, 2.45) is 5.41 Å². The van der Waals surface area contributed by atoms with Gasteiger partial charge in [0.25, 0.3) is 5.91 Å². The van der Waals surface area contributed by atoms with Gasteiger partial charge in [0.1, 0.15) is 6.04 Å². The molecule has 9 heteroatoms. The molecule has 202 valence electrons. The molecule has 9 nitrogen and oxygen atoms in total. The third-order valence-corrected chi connectivity index (χ3v) is 9.23. The minimum absolute atomic E-state index is 0.201. The van der Waals surface area contributed by atoms with Crippen LogP contribution in [-0.2, 0) is 9.59 Å². The lowest BCUT2D eigenvalue weighted by Crippen LogP contribution is -2.53. The number of piperidine rings is 2. The number of hydrogen-bond donors (Lipinski definition) is 2. The van der Waals surface area contributed by atoms with E-state index in [9.17, 15) is 14.4 Å². The third-order valence-electron chi connectivity index (χ3n) is 9.23. The van der Waals surface area contributed by atoms with E-state index in [1.165, 1.54) is 25.8 Å². The van der Waals surface area contributed by atoms with E-state index in [2.05, 4.69) is 33.3 Å². The number of nitrogens with zero attached hydrogens (tertiary/aromatic N) is 4. The first kappa shape index (κ1) is 24.3. The van der Waals surface area contributed by atoms with Crippen LogP contribution < -0.4 is 15.5 Å². The van der Waals surface area contributed by atoms with Gasteiger partial charge in [-0.1, -0.05) is 25.5 Å². The van der Waals surface area contributed by atoms with Crippen molar-refractivity contribution in [2.45, 2.75) is 64.0 Å². The van der Waals surface area contributed by atoms with Crippen LogP contribution in [0, 0.1) is 5.41 Å². The molecule has 0 bridgehead atoms. The zero-order valence-corrected chi connectivity index (χ0v) is 22.3. The van der Waals surface area contributed by atoms with E-state index in [1.807, 2.05) is 30.5 Å². The van der Waals surface area contributed by atoms with E-state index in [1.54, 1.807) is 11.0 Å². The maximum absolute atomic E-state index is 13.4. The zero-order valence-electron chi connectivity index (χ0n) is 22.3. The molecular weight excluding hydrogens is 492 g/mol. The Labute approximate surface area is 227 Å². The van der Waals surface area contributed by atoms with Gasteiger partial charge in [0.2, 0.25) is 11.8 Å². The van der Waals surface area contributed by atoms with Gasteiger partial charge in [-0.2, -0.15) is 5.10 Å². The fourth-order valence-corrected chi connectivity index (χ4v) is 6.93. The van der Waals surface area contributed by atoms with E-state index < -0.39 is 11.9 Å². The number of likely N-dealkylation sites (tertiary alicyclic amines) is 1. The normalized spacial score (nSPS) is 23.3. The predicted octanol–water partition coefficient (Wildman–Crippen LogP) is 4.37. The summed E-state index contributed by atoms with van der Waals surface area (Å²) in [6.07, 6.45) is 10.8. The van der Waals surface area contributed by atoms with Gasteiger partial charge >= 0.3 is 0 Å². The minimum Gasteiger partial charge on any atom is -0.352 e. The summed E-state index contributed by atoms with van der Waals surface area (Å²) in [5.41, 5.74) is 3.61. The van der Waals surface area contributed by atoms with Crippen LogP contribution in [0.5, 0.6) is 0 Å². The number of amides is 3. The number of nitrogens with one attached hydrogen (secondary N) is 2. The molecule has 3 fully saturated rings. The van der Waals surface area contributed by atoms with Crippen LogP contribution in [0.2, 0.25) is 0 Å². The molecule has 2 aromatic carbocycles. The van der Waals surface area contributed by atoms with Crippen LogP contribution >= 0.6 is 0 Å². The molecule has 39 heavy (non-hydrogen) atoms. The molecule has 3 aliphatic heterocycles. The smallest absolute Gasteiger partial charge is 0.259 e. The quantitative estimate of drug-likeness (QED) is 0.463. The summed E-state index contributed by atoms with van der Waals surface area (Å²) in [4.78, 5) is 41.8. The van der Waals surface area contributed by atoms with Crippen LogP contribution in [0.15, 0.2) is 42.7 Å². The second kappa shape index (κ2) is 9.19. The molecule has 0 radical (unpaired) electrons. The first-order valence-corrected chi connectivity index (χ1v) is 14.2. The molecule has 1 aromatic heterocycles. The summed E-state index contributed by atoms with van der Waals surface area (Å²) >= 11 is 0. The monoisotopic (exact) mass is 526 g/mol. The number of imide groups is 1. The van der Waals surface area contributed by atoms with Gasteiger partial charge in [-0.25, -0.2) is 0 Å². The predicted molar refractivity (Wildman–Crippen MR) is 149 cm³/mol. The summed E-state index contributed by atoms with van der Waals surface area (Å²) < 4.78 is 2.10. The Kier molecular flexibility index (Phi) is 5.73. The Morgan fingerprint density at radius 1 is 1.08 bits per heavy atom. The van der Waals surface area contributed by atoms with Gasteiger partial charge in [0.05, 0.1) is 23.6 Å². The lowest BCUT2D eigenvalue weighted by Gasteiger charge is -2.44. The largest absolute Gasteiger partial charge is 0.352 e. The molecule has 1 saturated carbocycles. The van der Waals surface area contributed by atoms with Crippen LogP contribution in [0.1, 0.15) is 68.3 Å². The van der Waals surface area contributed by atoms with Crippen molar-refractivity contribution >= 4 is 45.6 Å². The maximum atomic E-state index is 13.4. The number of carbonyl (C=O) groups excluding carboxylic acids is 3. The Morgan fingerprint density at radius 3 is 2.64 bits per heavy atom. The zero-order chi connectivity index (χ0) is 26.7. The van der Waals surface area contributed by atoms with Crippen LogP contribution in [0.4, 0.5) is 17.1 Å². The summed E-state index contributed by atoms with van der Waals surface area (Å²) in [5, 5.41) is 12.3. The van der Waals surface area contributed by atoms with E-state index in [0.29, 0.717) is 29.1 Å². The van der Waals surface area contributed by atoms with E-state index >= 15 is 0 Å². The Balaban J connectivity index is 1.09. The summed E-state index contributed by atoms with van der Waals surface area (Å²) in [5.74, 6) is -0.912. The summed E-state index contributed by atoms with van der Waals surface area (Å²) in [6.45, 7) is 5.89. The molecular formula is C30H34N6O3. The van der Waals surface area contributed by atoms with Gasteiger partial charge in [0.15, 0.2) is 0 Å². The fourth-order valence-electron chi connectivity index (χ4n) is 6.93. The van der Waals surface area contributed by atoms with Crippen molar-refractivity contribution < 1.29 is 14.4 Å². The van der Waals surface area contributed by atoms with Crippen molar-refractivity contribution in [2.75, 3.05) is 29.9 Å². The maximum Gasteiger partial charge on any atom is 0.259 e. The van der Waals surface area contributed by atoms with Gasteiger partial charge in [0, 0.05) is 54.3 Å². The van der Waals surface area contributed by atoms with Crippen LogP contribution in [0.25, 0.3) is 10.8 Å². The summed E-state index contributed by atoms with van der Waals surface area (Å²) in [6, 6.07) is 9.24. The third kappa shape index (κ3) is 4.19. The number of rotatable bonds is 6. The Hall–Kier alpha value is -3.72. The second-order valence-corrected chi connectivity index (χ2v) is 12.0. The van der Waals surface area contributed by atoms with Gasteiger partial charge in [-0.15, -0.1) is 0 Å². The Bertz CT molecular complexity index is 1480. The van der Waals surface area contributed by atoms with Gasteiger partial charge < -0.3 is 10.2 Å². The van der Waals surface area contributed by atoms with E-state index in [4.69, 9.17) is 5.10 Å². The average molecular weight is 527 g/mol. The average Bonchev–Trinajstić information content (AvgIpc) is 3.49. The number of carbonyl (C=O) groups is 3. The highest BCUT2D eigenvalue weighted by Gasteiger charge is 2.41. The standard InChI is InChI=1S/C30H34N6O3/c1-30(12-3-13-30)18-34-14-10-20(11-15-34)35-17-19(16-31-35)32-23-6-7-24-27-21(23)4-2-5-22(27)29(39)36(24)25-8-9-26(37)33-28(25)38/h2,4-7,16-17,20,25,32H,3,8-15,18H2,1H3,(H,33,37,38)/t25-/m0/s1. The molecule has 1 aliphatic carbocycles. The molecule has 3 amide bonds. The number of anilines is 3. The molecule has 0 unspecified atom stereocenters. The highest BCUT2D eigenvalue weighted by molar-refractivity contribution is 6.28. The molecule has 3 aromatic rings. The number of hydrogen-bond acceptors (Lipinski definition) is 6. The highest BCUT2D eigenvalue weighted by Crippen LogP contribution is 2.43. The van der Waals surface area contributed by atoms with E-state index in [0.717, 1.165) is 48.1 Å². The minimum atomic E-state index is -0.689. The van der Waals surface area contributed by atoms with Gasteiger partial charge in [-0.05, 0) is 55.7 Å². The first-order chi connectivity index (χ1) is 18.9.